The minimum absolute atomic E-state index is 0.0191. The van der Waals surface area contributed by atoms with Crippen molar-refractivity contribution in [1.82, 2.24) is 54.5 Å². The number of aliphatic imine (C=N–C) groups is 2. The van der Waals surface area contributed by atoms with Gasteiger partial charge >= 0.3 is 10.4 Å². The van der Waals surface area contributed by atoms with Gasteiger partial charge in [-0.3, -0.25) is 34.0 Å². The molecule has 7 atom stereocenters. The molecular weight excluding hydrogens is 1760 g/mol. The number of imidazole rings is 2. The van der Waals surface area contributed by atoms with Crippen molar-refractivity contribution < 1.29 is 122 Å². The molecule has 9 aromatic rings. The van der Waals surface area contributed by atoms with Crippen LogP contribution in [0.5, 0.6) is 40.2 Å². The molecule has 132 heavy (non-hydrogen) atoms. The van der Waals surface area contributed by atoms with E-state index in [1.54, 1.807) is 88.2 Å². The maximum atomic E-state index is 14.6. The van der Waals surface area contributed by atoms with E-state index in [0.29, 0.717) is 80.6 Å². The first-order chi connectivity index (χ1) is 63.2. The first-order valence-corrected chi connectivity index (χ1v) is 45.7. The normalized spacial score (nSPS) is 18.2. The fourth-order valence-corrected chi connectivity index (χ4v) is 17.2. The molecule has 0 aliphatic carbocycles. The van der Waals surface area contributed by atoms with Gasteiger partial charge in [-0.25, -0.2) is 23.1 Å². The molecule has 1 saturated heterocycles. The van der Waals surface area contributed by atoms with Gasteiger partial charge in [0.15, 0.2) is 50.1 Å². The van der Waals surface area contributed by atoms with E-state index in [1.165, 1.54) is 68.8 Å². The molecule has 5 aliphatic heterocycles. The summed E-state index contributed by atoms with van der Waals surface area (Å²) in [7, 11) is -2.37. The van der Waals surface area contributed by atoms with Crippen LogP contribution in [0.3, 0.4) is 0 Å². The summed E-state index contributed by atoms with van der Waals surface area (Å²) in [5.41, 5.74) is 6.46. The van der Waals surface area contributed by atoms with Gasteiger partial charge in [0.1, 0.15) is 49.1 Å². The van der Waals surface area contributed by atoms with Crippen molar-refractivity contribution in [2.24, 2.45) is 34.9 Å². The predicted octanol–water partition coefficient (Wildman–Crippen LogP) is 6.22. The number of hydrogen-bond acceptors (Lipinski definition) is 32. The van der Waals surface area contributed by atoms with E-state index in [1.807, 2.05) is 57.8 Å². The van der Waals surface area contributed by atoms with E-state index in [-0.39, 0.29) is 187 Å². The number of nitrogens with zero attached hydrogens (tertiary/aromatic N) is 11. The molecule has 39 nitrogen and oxygen atoms in total. The zero-order chi connectivity index (χ0) is 93.8. The number of Topliss-reactive ketones (excluding diaryl/α,β-unsaturated/α-hetero) is 1. The fraction of sp³-hybridized carbons (Fsp3) is 0.440. The van der Waals surface area contributed by atoms with Gasteiger partial charge in [-0.05, 0) is 90.8 Å². The van der Waals surface area contributed by atoms with Gasteiger partial charge in [-0.2, -0.15) is 0 Å². The number of benzene rings is 6. The van der Waals surface area contributed by atoms with Crippen molar-refractivity contribution in [1.29, 1.82) is 0 Å². The lowest BCUT2D eigenvalue weighted by Gasteiger charge is -2.39. The number of carbonyl (C=O) groups excluding carboxylic acids is 5. The van der Waals surface area contributed by atoms with Crippen LogP contribution < -0.4 is 42.7 Å². The number of ether oxygens (including phenoxy) is 11. The number of methoxy groups -OCH3 is 2. The summed E-state index contributed by atoms with van der Waals surface area (Å²) >= 11 is 0. The lowest BCUT2D eigenvalue weighted by Crippen LogP contribution is -2.60. The third-order valence-corrected chi connectivity index (χ3v) is 25.1. The van der Waals surface area contributed by atoms with Crippen molar-refractivity contribution >= 4 is 73.5 Å². The first kappa shape index (κ1) is 95.9. The number of sulfone groups is 1. The highest BCUT2D eigenvalue weighted by atomic mass is 32.3. The summed E-state index contributed by atoms with van der Waals surface area (Å²) in [6.07, 6.45) is 0.428. The van der Waals surface area contributed by atoms with E-state index in [9.17, 15) is 61.2 Å². The van der Waals surface area contributed by atoms with Crippen molar-refractivity contribution in [2.75, 3.05) is 99.1 Å². The minimum Gasteiger partial charge on any atom is -0.493 e. The van der Waals surface area contributed by atoms with Gasteiger partial charge in [-0.15, -0.1) is 13.5 Å². The zero-order valence-electron chi connectivity index (χ0n) is 74.4. The first-order valence-electron chi connectivity index (χ1n) is 42.7. The standard InChI is InChI=1S/C91H107N13O26S2/c1-55-10-17-65(18-11-55)131(114,115)29-20-74(106)58-12-14-59(15-13-58)85(110)95-49-90(2,3)50-124-52-91(4,5)51-123-48-61-42-102(99-98-61)22-24-121-26-28-122-27-25-120-23-21-92-86(111)60-16-19-75(127-89-84(109)83(108)82(107)81(45-105)128-89)80(33-60)130-132(116,117)129-64-31-56(46-125-78-38-68-66(36-76(78)118-8)87(112)103-43-70-72(100(6)53-96-70)34-62(103)40-93-68)30-57(32-64)47-126-79-39-69-67(37-77(79)119-9)88(113)104-44-71-73(101(7)54-97-71)35-63(104)41-94-69/h10-19,30-33,36-42,53-54,62-63,81-84,89,105,107-109H,20-29,34-35,43-52H2,1-9H3,(H,92,111)(H,95,110)/t62-,63?,81+,82-,83-,84+,89+/m0/s1. The molecule has 4 amide bonds. The molecule has 0 saturated carbocycles. The molecule has 0 radical (unpaired) electrons. The van der Waals surface area contributed by atoms with Crippen LogP contribution in [0, 0.1) is 17.8 Å². The number of rotatable bonds is 44. The Bertz CT molecular complexity index is 5800. The van der Waals surface area contributed by atoms with E-state index in [0.717, 1.165) is 40.5 Å². The Balaban J connectivity index is 0.547. The van der Waals surface area contributed by atoms with Crippen molar-refractivity contribution in [2.45, 2.75) is 141 Å². The number of amides is 4. The molecule has 1 unspecified atom stereocenters. The Morgan fingerprint density at radius 1 is 0.576 bits per heavy atom. The van der Waals surface area contributed by atoms with Crippen LogP contribution in [0.4, 0.5) is 11.4 Å². The number of hydrogen-bond donors (Lipinski definition) is 6. The molecule has 0 spiro atoms. The fourth-order valence-electron chi connectivity index (χ4n) is 15.3. The average molecular weight is 1860 g/mol. The van der Waals surface area contributed by atoms with Crippen LogP contribution in [0.25, 0.3) is 0 Å². The summed E-state index contributed by atoms with van der Waals surface area (Å²) in [5.74, 6) is -3.18. The molecule has 5 aliphatic rings. The number of aromatic nitrogens is 7. The predicted molar refractivity (Wildman–Crippen MR) is 473 cm³/mol. The van der Waals surface area contributed by atoms with Crippen molar-refractivity contribution in [3.8, 4) is 40.2 Å². The summed E-state index contributed by atoms with van der Waals surface area (Å²) in [5, 5.41) is 56.4. The van der Waals surface area contributed by atoms with E-state index in [4.69, 9.17) is 70.5 Å². The number of fused-ring (bicyclic) bond motifs is 6. The van der Waals surface area contributed by atoms with Gasteiger partial charge in [0, 0.05) is 110 Å². The lowest BCUT2D eigenvalue weighted by atomic mass is 9.93. The molecule has 41 heteroatoms. The summed E-state index contributed by atoms with van der Waals surface area (Å²) in [4.78, 5) is 90.5. The molecule has 1 fully saturated rings. The Hall–Kier alpha value is -12.1. The molecule has 704 valence electrons. The number of ketones is 1. The van der Waals surface area contributed by atoms with Crippen LogP contribution in [0.15, 0.2) is 143 Å². The van der Waals surface area contributed by atoms with Crippen molar-refractivity contribution in [3.05, 3.63) is 201 Å². The Morgan fingerprint density at radius 3 is 1.72 bits per heavy atom. The van der Waals surface area contributed by atoms with Gasteiger partial charge in [0.2, 0.25) is 6.29 Å². The number of aliphatic hydroxyl groups excluding tert-OH is 4. The Labute approximate surface area is 762 Å². The summed E-state index contributed by atoms with van der Waals surface area (Å²) in [6, 6.07) is 25.8. The number of aryl methyl sites for hydroxylation is 3. The second kappa shape index (κ2) is 42.2. The highest BCUT2D eigenvalue weighted by Gasteiger charge is 2.46. The van der Waals surface area contributed by atoms with Crippen LogP contribution >= 0.6 is 0 Å². The topological polar surface area (TPSA) is 476 Å². The Kier molecular flexibility index (Phi) is 30.7. The molecule has 6 N–H and O–H groups in total. The molecule has 14 rings (SSSR count). The van der Waals surface area contributed by atoms with E-state index >= 15 is 0 Å². The SMILES string of the molecule is COc1cc2c(cc1OCc1cc(COc3cc4c(cc3OC)C(=O)N3Cc5ncn(C)c5C[C@H]3C=N4)cc(OS(=O)(=O)Oc3cc(C(=O)NCCOCCOCCOCCn4cc(COCC(C)(C)COCC(C)(C)CNC(=O)c5ccc(C(=O)CCS(=O)(=O)c6ccc(C)cc6)cc5)nn4)ccc3O[C@@H]3O[C@H](CO)[C@H](O)[C@H](O)[C@H]3O)c1)N=CC1Cc3c(ncn3C)CN1C2=O. The van der Waals surface area contributed by atoms with Crippen LogP contribution in [0.1, 0.15) is 131 Å². The molecule has 6 aromatic carbocycles. The second-order valence-electron chi connectivity index (χ2n) is 34.1. The van der Waals surface area contributed by atoms with Crippen LogP contribution in [-0.2, 0) is 115 Å². The van der Waals surface area contributed by atoms with E-state index < -0.39 is 80.4 Å². The number of aliphatic hydroxyl groups is 4. The molecule has 3 aromatic heterocycles. The van der Waals surface area contributed by atoms with Gasteiger partial charge in [0.25, 0.3) is 23.6 Å². The monoisotopic (exact) mass is 1860 g/mol. The smallest absolute Gasteiger partial charge is 0.493 e. The maximum Gasteiger partial charge on any atom is 0.501 e. The number of nitrogens with one attached hydrogen (secondary N) is 2. The summed E-state index contributed by atoms with van der Waals surface area (Å²) < 4.78 is 137. The van der Waals surface area contributed by atoms with Gasteiger partial charge < -0.3 is 110 Å². The third-order valence-electron chi connectivity index (χ3n) is 22.6. The highest BCUT2D eigenvalue weighted by Crippen LogP contribution is 2.43. The number of carbonyl (C=O) groups is 5. The molecule has 8 heterocycles. The van der Waals surface area contributed by atoms with Crippen LogP contribution in [0.2, 0.25) is 0 Å². The van der Waals surface area contributed by atoms with E-state index in [2.05, 4.69) is 30.9 Å². The lowest BCUT2D eigenvalue weighted by molar-refractivity contribution is -0.277. The second-order valence-corrected chi connectivity index (χ2v) is 37.3. The maximum absolute atomic E-state index is 14.6. The Morgan fingerprint density at radius 2 is 1.13 bits per heavy atom. The zero-order valence-corrected chi connectivity index (χ0v) is 76.0. The third kappa shape index (κ3) is 23.8. The minimum atomic E-state index is -5.34. The van der Waals surface area contributed by atoms with Gasteiger partial charge in [-0.1, -0.05) is 62.7 Å². The molecular formula is C91H107N13O26S2. The highest BCUT2D eigenvalue weighted by molar-refractivity contribution is 7.91. The van der Waals surface area contributed by atoms with Crippen molar-refractivity contribution in [3.63, 3.8) is 0 Å². The average Bonchev–Trinajstić information content (AvgIpc) is 1.61. The molecule has 0 bridgehead atoms. The van der Waals surface area contributed by atoms with Gasteiger partial charge in [0.05, 0.1) is 182 Å². The quantitative estimate of drug-likeness (QED) is 0.0182. The summed E-state index contributed by atoms with van der Waals surface area (Å²) in [6.45, 7) is 12.1. The van der Waals surface area contributed by atoms with Crippen LogP contribution in [-0.4, -0.2) is 265 Å². The largest absolute Gasteiger partial charge is 0.501 e.